The van der Waals surface area contributed by atoms with Crippen molar-refractivity contribution in [2.24, 2.45) is 0 Å². The van der Waals surface area contributed by atoms with Crippen LogP contribution >= 0.6 is 11.3 Å². The summed E-state index contributed by atoms with van der Waals surface area (Å²) in [7, 11) is 0. The number of halogens is 3. The summed E-state index contributed by atoms with van der Waals surface area (Å²) >= 11 is 1.72. The van der Waals surface area contributed by atoms with E-state index in [1.807, 2.05) is 25.4 Å². The molecule has 0 amide bonds. The fourth-order valence-electron chi connectivity index (χ4n) is 3.88. The van der Waals surface area contributed by atoms with Crippen LogP contribution in [0.1, 0.15) is 29.9 Å². The second-order valence-corrected chi connectivity index (χ2v) is 8.48. The molecule has 0 bridgehead atoms. The number of aromatic nitrogens is 2. The van der Waals surface area contributed by atoms with Crippen molar-refractivity contribution in [1.82, 2.24) is 15.0 Å². The number of aliphatic carboxylic acids is 1. The summed E-state index contributed by atoms with van der Waals surface area (Å²) in [4.78, 5) is 18.4. The molecule has 2 saturated heterocycles. The Kier molecular flexibility index (Phi) is 7.22. The molecule has 2 aliphatic rings. The molecule has 2 aliphatic heterocycles. The highest BCUT2D eigenvalue weighted by molar-refractivity contribution is 7.13. The zero-order valence-corrected chi connectivity index (χ0v) is 18.1. The van der Waals surface area contributed by atoms with Crippen molar-refractivity contribution in [3.63, 3.8) is 0 Å². The number of morpholine rings is 1. The number of anilines is 1. The molecule has 0 aromatic carbocycles. The second-order valence-electron chi connectivity index (χ2n) is 7.61. The Hall–Kier alpha value is -2.18. The van der Waals surface area contributed by atoms with Gasteiger partial charge in [0, 0.05) is 48.9 Å². The van der Waals surface area contributed by atoms with Crippen molar-refractivity contribution in [2.75, 3.05) is 37.7 Å². The van der Waals surface area contributed by atoms with Crippen LogP contribution in [0.2, 0.25) is 0 Å². The van der Waals surface area contributed by atoms with Gasteiger partial charge in [-0.3, -0.25) is 4.90 Å². The predicted octanol–water partition coefficient (Wildman–Crippen LogP) is 3.25. The first kappa shape index (κ1) is 23.5. The lowest BCUT2D eigenvalue weighted by Crippen LogP contribution is -2.61. The smallest absolute Gasteiger partial charge is 0.475 e. The van der Waals surface area contributed by atoms with Crippen molar-refractivity contribution in [1.29, 1.82) is 0 Å². The van der Waals surface area contributed by atoms with Crippen LogP contribution in [0.25, 0.3) is 0 Å². The van der Waals surface area contributed by atoms with Gasteiger partial charge in [0.2, 0.25) is 0 Å². The molecule has 0 atom stereocenters. The normalized spacial score (nSPS) is 19.2. The number of alkyl halides is 3. The molecular formula is C19H25F3N4O4S. The van der Waals surface area contributed by atoms with Crippen LogP contribution in [0.4, 0.5) is 18.3 Å². The second kappa shape index (κ2) is 9.53. The number of aryl methyl sites for hydroxylation is 2. The molecule has 0 aliphatic carbocycles. The summed E-state index contributed by atoms with van der Waals surface area (Å²) < 4.78 is 43.0. The zero-order valence-electron chi connectivity index (χ0n) is 17.3. The predicted molar refractivity (Wildman–Crippen MR) is 107 cm³/mol. The van der Waals surface area contributed by atoms with Gasteiger partial charge in [0.25, 0.3) is 0 Å². The summed E-state index contributed by atoms with van der Waals surface area (Å²) in [6.45, 7) is 9.62. The van der Waals surface area contributed by atoms with E-state index >= 15 is 0 Å². The van der Waals surface area contributed by atoms with Gasteiger partial charge in [-0.1, -0.05) is 5.16 Å². The first-order valence-corrected chi connectivity index (χ1v) is 10.7. The third-order valence-corrected chi connectivity index (χ3v) is 6.54. The summed E-state index contributed by atoms with van der Waals surface area (Å²) in [6.07, 6.45) is -0.982. The van der Waals surface area contributed by atoms with Crippen LogP contribution in [0.5, 0.6) is 0 Å². The standard InChI is InChI=1S/C17H24N4O2S.C2HF3O2/c1-13-15(14(2)23-19-13)11-21-8-9-22-12-17(21)3-6-20(7-4-17)16-18-5-10-24-16;3-2(4,5)1(6)7/h5,10H,3-4,6-9,11-12H2,1-2H3;(H,6,7). The van der Waals surface area contributed by atoms with E-state index in [1.54, 1.807) is 11.3 Å². The molecule has 4 rings (SSSR count). The van der Waals surface area contributed by atoms with Gasteiger partial charge in [-0.05, 0) is 26.7 Å². The van der Waals surface area contributed by atoms with Crippen molar-refractivity contribution in [3.8, 4) is 0 Å². The quantitative estimate of drug-likeness (QED) is 0.743. The van der Waals surface area contributed by atoms with Gasteiger partial charge < -0.3 is 19.3 Å². The monoisotopic (exact) mass is 462 g/mol. The third kappa shape index (κ3) is 5.55. The molecule has 0 unspecified atom stereocenters. The van der Waals surface area contributed by atoms with Crippen molar-refractivity contribution < 1.29 is 32.3 Å². The van der Waals surface area contributed by atoms with Gasteiger partial charge in [-0.2, -0.15) is 13.2 Å². The molecule has 1 spiro atoms. The molecular weight excluding hydrogens is 437 g/mol. The highest BCUT2D eigenvalue weighted by Crippen LogP contribution is 2.35. The number of rotatable bonds is 3. The van der Waals surface area contributed by atoms with Gasteiger partial charge in [-0.25, -0.2) is 9.78 Å². The van der Waals surface area contributed by atoms with Crippen LogP contribution < -0.4 is 4.90 Å². The van der Waals surface area contributed by atoms with Gasteiger partial charge in [0.1, 0.15) is 5.76 Å². The molecule has 172 valence electrons. The Morgan fingerprint density at radius 3 is 2.48 bits per heavy atom. The van der Waals surface area contributed by atoms with E-state index < -0.39 is 12.1 Å². The molecule has 0 saturated carbocycles. The average Bonchev–Trinajstić information content (AvgIpc) is 3.36. The number of piperidine rings is 1. The Labute approximate surface area is 181 Å². The zero-order chi connectivity index (χ0) is 22.6. The first-order chi connectivity index (χ1) is 14.6. The maximum absolute atomic E-state index is 10.6. The van der Waals surface area contributed by atoms with E-state index in [4.69, 9.17) is 19.2 Å². The van der Waals surface area contributed by atoms with Gasteiger partial charge >= 0.3 is 12.1 Å². The van der Waals surface area contributed by atoms with Crippen molar-refractivity contribution in [3.05, 3.63) is 28.6 Å². The van der Waals surface area contributed by atoms with Crippen LogP contribution in [0, 0.1) is 13.8 Å². The van der Waals surface area contributed by atoms with Crippen molar-refractivity contribution >= 4 is 22.4 Å². The number of ether oxygens (including phenoxy) is 1. The Morgan fingerprint density at radius 1 is 1.29 bits per heavy atom. The van der Waals surface area contributed by atoms with Crippen LogP contribution in [-0.2, 0) is 16.1 Å². The molecule has 2 aromatic rings. The van der Waals surface area contributed by atoms with Crippen LogP contribution in [-0.4, -0.2) is 70.7 Å². The number of thiazole rings is 1. The number of hydrogen-bond donors (Lipinski definition) is 1. The van der Waals surface area contributed by atoms with Gasteiger partial charge in [0.05, 0.1) is 18.9 Å². The minimum absolute atomic E-state index is 0.127. The van der Waals surface area contributed by atoms with E-state index in [-0.39, 0.29) is 5.54 Å². The number of carbonyl (C=O) groups is 1. The topological polar surface area (TPSA) is 91.9 Å². The van der Waals surface area contributed by atoms with E-state index in [0.717, 1.165) is 68.8 Å². The Balaban J connectivity index is 0.000000339. The lowest BCUT2D eigenvalue weighted by molar-refractivity contribution is -0.192. The molecule has 0 radical (unpaired) electrons. The van der Waals surface area contributed by atoms with Crippen molar-refractivity contribution in [2.45, 2.75) is 44.9 Å². The molecule has 2 fully saturated rings. The minimum atomic E-state index is -5.08. The Morgan fingerprint density at radius 2 is 1.97 bits per heavy atom. The van der Waals surface area contributed by atoms with E-state index in [2.05, 4.69) is 19.9 Å². The van der Waals surface area contributed by atoms with Gasteiger partial charge in [0.15, 0.2) is 5.13 Å². The number of carboxylic acid groups (broad SMARTS) is 1. The highest BCUT2D eigenvalue weighted by atomic mass is 32.1. The van der Waals surface area contributed by atoms with Gasteiger partial charge in [-0.15, -0.1) is 11.3 Å². The summed E-state index contributed by atoms with van der Waals surface area (Å²) in [6, 6.07) is 0. The van der Waals surface area contributed by atoms with E-state index in [9.17, 15) is 13.2 Å². The highest BCUT2D eigenvalue weighted by Gasteiger charge is 2.43. The Bertz CT molecular complexity index is 845. The fourth-order valence-corrected chi connectivity index (χ4v) is 4.57. The maximum atomic E-state index is 10.6. The number of carboxylic acids is 1. The summed E-state index contributed by atoms with van der Waals surface area (Å²) in [5.74, 6) is -1.82. The van der Waals surface area contributed by atoms with Crippen LogP contribution in [0.3, 0.4) is 0 Å². The third-order valence-electron chi connectivity index (χ3n) is 5.70. The lowest BCUT2D eigenvalue weighted by Gasteiger charge is -2.51. The average molecular weight is 462 g/mol. The molecule has 2 aromatic heterocycles. The SMILES string of the molecule is Cc1noc(C)c1CN1CCOCC12CCN(c1nccs1)CC2.O=C(O)C(F)(F)F. The summed E-state index contributed by atoms with van der Waals surface area (Å²) in [5, 5.41) is 14.4. The minimum Gasteiger partial charge on any atom is -0.475 e. The summed E-state index contributed by atoms with van der Waals surface area (Å²) in [5.41, 5.74) is 2.37. The van der Waals surface area contributed by atoms with E-state index in [1.165, 1.54) is 5.56 Å². The van der Waals surface area contributed by atoms with E-state index in [0.29, 0.717) is 0 Å². The largest absolute Gasteiger partial charge is 0.490 e. The molecule has 12 heteroatoms. The molecule has 8 nitrogen and oxygen atoms in total. The number of hydrogen-bond acceptors (Lipinski definition) is 8. The fraction of sp³-hybridized carbons (Fsp3) is 0.632. The molecule has 31 heavy (non-hydrogen) atoms. The first-order valence-electron chi connectivity index (χ1n) is 9.81. The molecule has 4 heterocycles. The number of nitrogens with zero attached hydrogens (tertiary/aromatic N) is 4. The van der Waals surface area contributed by atoms with Crippen LogP contribution in [0.15, 0.2) is 16.1 Å². The lowest BCUT2D eigenvalue weighted by atomic mass is 9.85. The maximum Gasteiger partial charge on any atom is 0.490 e. The molecule has 1 N–H and O–H groups in total.